The van der Waals surface area contributed by atoms with Crippen LogP contribution in [0.3, 0.4) is 0 Å². The van der Waals surface area contributed by atoms with Gasteiger partial charge in [0.15, 0.2) is 9.84 Å². The molecule has 1 aliphatic carbocycles. The SMILES string of the molecule is Cc1ccc(Cl)c(CN2CCN(CC3CC3)[C@@H]3CS(=O)(=O)C[C@@H]32)c1F. The molecule has 2 atom stereocenters. The Balaban J connectivity index is 1.58. The number of piperazine rings is 1. The van der Waals surface area contributed by atoms with E-state index in [1.165, 1.54) is 12.8 Å². The highest BCUT2D eigenvalue weighted by Gasteiger charge is 2.47. The molecule has 3 fully saturated rings. The van der Waals surface area contributed by atoms with Crippen LogP contribution < -0.4 is 0 Å². The molecule has 0 radical (unpaired) electrons. The summed E-state index contributed by atoms with van der Waals surface area (Å²) in [5.74, 6) is 0.860. The first-order valence-electron chi connectivity index (χ1n) is 8.96. The zero-order valence-electron chi connectivity index (χ0n) is 14.4. The minimum Gasteiger partial charge on any atom is -0.296 e. The van der Waals surface area contributed by atoms with Crippen molar-refractivity contribution in [3.63, 3.8) is 0 Å². The van der Waals surface area contributed by atoms with Gasteiger partial charge >= 0.3 is 0 Å². The van der Waals surface area contributed by atoms with E-state index in [2.05, 4.69) is 9.80 Å². The maximum Gasteiger partial charge on any atom is 0.153 e. The van der Waals surface area contributed by atoms with Crippen LogP contribution in [0.1, 0.15) is 24.0 Å². The third kappa shape index (κ3) is 3.59. The highest BCUT2D eigenvalue weighted by atomic mass is 35.5. The summed E-state index contributed by atoms with van der Waals surface area (Å²) in [5.41, 5.74) is 1.06. The molecule has 1 aromatic carbocycles. The summed E-state index contributed by atoms with van der Waals surface area (Å²) in [5, 5.41) is 0.418. The fraction of sp³-hybridized carbons (Fsp3) is 0.667. The summed E-state index contributed by atoms with van der Waals surface area (Å²) < 4.78 is 39.1. The second-order valence-electron chi connectivity index (χ2n) is 7.78. The fourth-order valence-corrected chi connectivity index (χ4v) is 6.46. The van der Waals surface area contributed by atoms with Crippen molar-refractivity contribution in [2.24, 2.45) is 5.92 Å². The maximum absolute atomic E-state index is 14.5. The van der Waals surface area contributed by atoms with Gasteiger partial charge in [-0.1, -0.05) is 17.7 Å². The third-order valence-corrected chi connectivity index (χ3v) is 7.89. The second-order valence-corrected chi connectivity index (χ2v) is 10.3. The Morgan fingerprint density at radius 2 is 1.80 bits per heavy atom. The van der Waals surface area contributed by atoms with Gasteiger partial charge in [-0.05, 0) is 37.3 Å². The van der Waals surface area contributed by atoms with Crippen LogP contribution >= 0.6 is 11.6 Å². The Bertz CT molecular complexity index is 782. The lowest BCUT2D eigenvalue weighted by atomic mass is 10.0. The van der Waals surface area contributed by atoms with Crippen molar-refractivity contribution in [3.8, 4) is 0 Å². The van der Waals surface area contributed by atoms with E-state index in [0.29, 0.717) is 22.7 Å². The van der Waals surface area contributed by atoms with Crippen molar-refractivity contribution in [1.29, 1.82) is 0 Å². The lowest BCUT2D eigenvalue weighted by Gasteiger charge is -2.44. The zero-order chi connectivity index (χ0) is 17.8. The predicted octanol–water partition coefficient (Wildman–Crippen LogP) is 2.48. The van der Waals surface area contributed by atoms with Crippen molar-refractivity contribution in [1.82, 2.24) is 9.80 Å². The van der Waals surface area contributed by atoms with Gasteiger partial charge in [0.25, 0.3) is 0 Å². The van der Waals surface area contributed by atoms with E-state index in [4.69, 9.17) is 11.6 Å². The molecule has 4 nitrogen and oxygen atoms in total. The van der Waals surface area contributed by atoms with Gasteiger partial charge in [-0.2, -0.15) is 0 Å². The highest BCUT2D eigenvalue weighted by Crippen LogP contribution is 2.35. The number of fused-ring (bicyclic) bond motifs is 1. The summed E-state index contributed by atoms with van der Waals surface area (Å²) >= 11 is 6.23. The molecule has 138 valence electrons. The Hall–Kier alpha value is -0.690. The van der Waals surface area contributed by atoms with Crippen LogP contribution in [0, 0.1) is 18.7 Å². The molecule has 3 aliphatic rings. The summed E-state index contributed by atoms with van der Waals surface area (Å²) in [6, 6.07) is 3.37. The number of hydrogen-bond donors (Lipinski definition) is 0. The van der Waals surface area contributed by atoms with Crippen LogP contribution in [0.4, 0.5) is 4.39 Å². The first-order chi connectivity index (χ1) is 11.8. The Morgan fingerprint density at radius 1 is 1.16 bits per heavy atom. The zero-order valence-corrected chi connectivity index (χ0v) is 16.0. The van der Waals surface area contributed by atoms with Gasteiger partial charge in [0.05, 0.1) is 11.5 Å². The Labute approximate surface area is 153 Å². The van der Waals surface area contributed by atoms with Gasteiger partial charge in [-0.25, -0.2) is 12.8 Å². The number of benzene rings is 1. The van der Waals surface area contributed by atoms with Crippen LogP contribution in [-0.2, 0) is 16.4 Å². The standard InChI is InChI=1S/C18H24ClFN2O2S/c1-12-2-5-15(19)14(18(12)20)9-22-7-6-21(8-13-3-4-13)16-10-25(23,24)11-17(16)22/h2,5,13,16-17H,3-4,6-11H2,1H3/t16-,17+/m1/s1. The summed E-state index contributed by atoms with van der Waals surface area (Å²) in [6.07, 6.45) is 2.52. The molecule has 0 spiro atoms. The minimum absolute atomic E-state index is 0.0333. The van der Waals surface area contributed by atoms with Crippen molar-refractivity contribution in [2.75, 3.05) is 31.1 Å². The van der Waals surface area contributed by atoms with E-state index in [0.717, 1.165) is 25.6 Å². The van der Waals surface area contributed by atoms with Gasteiger partial charge in [-0.3, -0.25) is 9.80 Å². The molecule has 4 rings (SSSR count). The summed E-state index contributed by atoms with van der Waals surface area (Å²) in [7, 11) is -3.04. The number of halogens is 2. The van der Waals surface area contributed by atoms with Gasteiger partial charge in [-0.15, -0.1) is 0 Å². The fourth-order valence-electron chi connectivity index (χ4n) is 4.21. The molecule has 0 bridgehead atoms. The van der Waals surface area contributed by atoms with Crippen molar-refractivity contribution >= 4 is 21.4 Å². The van der Waals surface area contributed by atoms with Crippen LogP contribution in [0.5, 0.6) is 0 Å². The van der Waals surface area contributed by atoms with E-state index >= 15 is 0 Å². The maximum atomic E-state index is 14.5. The van der Waals surface area contributed by atoms with Crippen molar-refractivity contribution in [2.45, 2.75) is 38.4 Å². The molecule has 1 saturated carbocycles. The third-order valence-electron chi connectivity index (χ3n) is 5.84. The molecule has 2 saturated heterocycles. The van der Waals surface area contributed by atoms with Crippen LogP contribution in [0.2, 0.25) is 5.02 Å². The summed E-state index contributed by atoms with van der Waals surface area (Å²) in [6.45, 7) is 4.71. The monoisotopic (exact) mass is 386 g/mol. The number of hydrogen-bond acceptors (Lipinski definition) is 4. The van der Waals surface area contributed by atoms with Gasteiger partial charge in [0, 0.05) is 48.8 Å². The van der Waals surface area contributed by atoms with Crippen LogP contribution in [0.25, 0.3) is 0 Å². The summed E-state index contributed by atoms with van der Waals surface area (Å²) in [4.78, 5) is 4.49. The molecule has 1 aromatic rings. The quantitative estimate of drug-likeness (QED) is 0.797. The topological polar surface area (TPSA) is 40.6 Å². The number of sulfone groups is 1. The average molecular weight is 387 g/mol. The highest BCUT2D eigenvalue weighted by molar-refractivity contribution is 7.91. The molecule has 0 amide bonds. The van der Waals surface area contributed by atoms with Gasteiger partial charge in [0.1, 0.15) is 5.82 Å². The van der Waals surface area contributed by atoms with Crippen LogP contribution in [-0.4, -0.2) is 61.4 Å². The molecule has 0 unspecified atom stereocenters. The van der Waals surface area contributed by atoms with Crippen molar-refractivity contribution < 1.29 is 12.8 Å². The molecule has 7 heteroatoms. The predicted molar refractivity (Wildman–Crippen MR) is 97.1 cm³/mol. The molecule has 25 heavy (non-hydrogen) atoms. The normalized spacial score (nSPS) is 29.7. The van der Waals surface area contributed by atoms with E-state index in [1.807, 2.05) is 0 Å². The van der Waals surface area contributed by atoms with E-state index in [1.54, 1.807) is 19.1 Å². The number of nitrogens with zero attached hydrogens (tertiary/aromatic N) is 2. The van der Waals surface area contributed by atoms with E-state index in [-0.39, 0.29) is 29.4 Å². The Kier molecular flexibility index (Phi) is 4.59. The molecular weight excluding hydrogens is 363 g/mol. The first-order valence-corrected chi connectivity index (χ1v) is 11.2. The first kappa shape index (κ1) is 17.7. The molecular formula is C18H24ClFN2O2S. The second kappa shape index (κ2) is 6.48. The molecule has 0 aromatic heterocycles. The van der Waals surface area contributed by atoms with Crippen LogP contribution in [0.15, 0.2) is 12.1 Å². The molecule has 0 N–H and O–H groups in total. The smallest absolute Gasteiger partial charge is 0.153 e. The Morgan fingerprint density at radius 3 is 2.48 bits per heavy atom. The van der Waals surface area contributed by atoms with Crippen molar-refractivity contribution in [3.05, 3.63) is 34.1 Å². The van der Waals surface area contributed by atoms with E-state index < -0.39 is 9.84 Å². The van der Waals surface area contributed by atoms with Gasteiger partial charge in [0.2, 0.25) is 0 Å². The van der Waals surface area contributed by atoms with Gasteiger partial charge < -0.3 is 0 Å². The largest absolute Gasteiger partial charge is 0.296 e. The minimum atomic E-state index is -3.04. The van der Waals surface area contributed by atoms with E-state index in [9.17, 15) is 12.8 Å². The number of aryl methyl sites for hydroxylation is 1. The molecule has 2 heterocycles. The average Bonchev–Trinajstić information content (AvgIpc) is 3.30. The lowest BCUT2D eigenvalue weighted by Crippen LogP contribution is -2.59. The number of rotatable bonds is 4. The molecule has 2 aliphatic heterocycles. The lowest BCUT2D eigenvalue weighted by molar-refractivity contribution is 0.0370.